The lowest BCUT2D eigenvalue weighted by Gasteiger charge is -2.28. The molecule has 0 aliphatic carbocycles. The highest BCUT2D eigenvalue weighted by Gasteiger charge is 2.28. The summed E-state index contributed by atoms with van der Waals surface area (Å²) >= 11 is 0. The van der Waals surface area contributed by atoms with Crippen molar-refractivity contribution in [3.63, 3.8) is 0 Å². The number of methoxy groups -OCH3 is 2. The smallest absolute Gasteiger partial charge is 0.354 e. The average molecular weight is 321 g/mol. The molecule has 0 radical (unpaired) electrons. The van der Waals surface area contributed by atoms with Crippen LogP contribution >= 0.6 is 0 Å². The van der Waals surface area contributed by atoms with Crippen LogP contribution in [-0.2, 0) is 24.7 Å². The summed E-state index contributed by atoms with van der Waals surface area (Å²) in [6.45, 7) is 3.76. The number of rotatable bonds is 7. The summed E-state index contributed by atoms with van der Waals surface area (Å²) in [6, 6.07) is 7.07. The quantitative estimate of drug-likeness (QED) is 0.592. The highest BCUT2D eigenvalue weighted by Crippen LogP contribution is 2.34. The van der Waals surface area contributed by atoms with Crippen LogP contribution < -0.4 is 5.32 Å². The lowest BCUT2D eigenvalue weighted by atomic mass is 9.87. The number of hydrogen-bond donors (Lipinski definition) is 2. The van der Waals surface area contributed by atoms with Crippen molar-refractivity contribution in [3.8, 4) is 0 Å². The Hall–Kier alpha value is -2.34. The molecule has 1 aromatic rings. The molecule has 1 rings (SSSR count). The molecule has 0 fully saturated rings. The Balaban J connectivity index is 3.28. The van der Waals surface area contributed by atoms with E-state index in [9.17, 15) is 14.7 Å². The van der Waals surface area contributed by atoms with Crippen molar-refractivity contribution in [2.75, 3.05) is 19.5 Å². The van der Waals surface area contributed by atoms with Gasteiger partial charge in [0.1, 0.15) is 5.70 Å². The first-order valence-electron chi connectivity index (χ1n) is 7.38. The number of carbonyl (C=O) groups excluding carboxylic acids is 2. The van der Waals surface area contributed by atoms with Crippen LogP contribution in [0.2, 0.25) is 0 Å². The second kappa shape index (κ2) is 8.33. The van der Waals surface area contributed by atoms with Crippen molar-refractivity contribution in [1.29, 1.82) is 0 Å². The maximum absolute atomic E-state index is 11.8. The normalized spacial score (nSPS) is 11.8. The minimum Gasteiger partial charge on any atom is -0.466 e. The molecule has 0 bridgehead atoms. The number of para-hydroxylation sites is 1. The van der Waals surface area contributed by atoms with Crippen molar-refractivity contribution < 1.29 is 24.2 Å². The Bertz CT molecular complexity index is 590. The monoisotopic (exact) mass is 321 g/mol. The number of benzene rings is 1. The van der Waals surface area contributed by atoms with Crippen molar-refractivity contribution in [2.24, 2.45) is 0 Å². The average Bonchev–Trinajstić information content (AvgIpc) is 2.59. The van der Waals surface area contributed by atoms with Gasteiger partial charge in [0.2, 0.25) is 0 Å². The molecular formula is C17H23NO5. The van der Waals surface area contributed by atoms with Gasteiger partial charge in [-0.3, -0.25) is 0 Å². The Morgan fingerprint density at radius 1 is 1.17 bits per heavy atom. The van der Waals surface area contributed by atoms with E-state index in [1.807, 2.05) is 13.8 Å². The second-order valence-corrected chi connectivity index (χ2v) is 4.98. The van der Waals surface area contributed by atoms with Gasteiger partial charge >= 0.3 is 11.9 Å². The molecule has 0 heterocycles. The van der Waals surface area contributed by atoms with Crippen molar-refractivity contribution in [1.82, 2.24) is 0 Å². The van der Waals surface area contributed by atoms with E-state index < -0.39 is 17.5 Å². The van der Waals surface area contributed by atoms with E-state index in [1.165, 1.54) is 14.2 Å². The van der Waals surface area contributed by atoms with Crippen LogP contribution in [0.3, 0.4) is 0 Å². The number of hydrogen-bond acceptors (Lipinski definition) is 6. The molecule has 0 aliphatic rings. The molecule has 0 saturated heterocycles. The first-order valence-corrected chi connectivity index (χ1v) is 7.38. The molecular weight excluding hydrogens is 298 g/mol. The molecule has 6 nitrogen and oxygen atoms in total. The van der Waals surface area contributed by atoms with Gasteiger partial charge in [-0.05, 0) is 18.9 Å². The van der Waals surface area contributed by atoms with Gasteiger partial charge < -0.3 is 19.9 Å². The van der Waals surface area contributed by atoms with E-state index in [1.54, 1.807) is 24.3 Å². The molecule has 126 valence electrons. The summed E-state index contributed by atoms with van der Waals surface area (Å²) in [4.78, 5) is 23.3. The maximum atomic E-state index is 11.8. The molecule has 2 N–H and O–H groups in total. The van der Waals surface area contributed by atoms with Gasteiger partial charge in [-0.2, -0.15) is 0 Å². The van der Waals surface area contributed by atoms with Crippen molar-refractivity contribution >= 4 is 17.6 Å². The van der Waals surface area contributed by atoms with Gasteiger partial charge in [0.15, 0.2) is 0 Å². The Kier molecular flexibility index (Phi) is 6.78. The fourth-order valence-electron chi connectivity index (χ4n) is 2.21. The van der Waals surface area contributed by atoms with E-state index >= 15 is 0 Å². The van der Waals surface area contributed by atoms with Gasteiger partial charge in [-0.15, -0.1) is 0 Å². The summed E-state index contributed by atoms with van der Waals surface area (Å²) < 4.78 is 9.21. The third kappa shape index (κ3) is 4.56. The molecule has 0 amide bonds. The Morgan fingerprint density at radius 3 is 2.30 bits per heavy atom. The lowest BCUT2D eigenvalue weighted by molar-refractivity contribution is -0.138. The molecule has 0 aliphatic heterocycles. The van der Waals surface area contributed by atoms with E-state index in [0.29, 0.717) is 24.1 Å². The van der Waals surface area contributed by atoms with Crippen LogP contribution in [-0.4, -0.2) is 31.3 Å². The van der Waals surface area contributed by atoms with E-state index in [-0.39, 0.29) is 5.70 Å². The second-order valence-electron chi connectivity index (χ2n) is 4.98. The largest absolute Gasteiger partial charge is 0.466 e. The van der Waals surface area contributed by atoms with Crippen LogP contribution in [0.5, 0.6) is 0 Å². The predicted molar refractivity (Wildman–Crippen MR) is 86.7 cm³/mol. The number of ether oxygens (including phenoxy) is 2. The fraction of sp³-hybridized carbons (Fsp3) is 0.412. The van der Waals surface area contributed by atoms with Crippen LogP contribution in [0.1, 0.15) is 32.3 Å². The van der Waals surface area contributed by atoms with Crippen LogP contribution in [0, 0.1) is 0 Å². The number of aliphatic hydroxyl groups is 1. The minimum absolute atomic E-state index is 0.0682. The maximum Gasteiger partial charge on any atom is 0.354 e. The molecule has 6 heteroatoms. The first kappa shape index (κ1) is 18.7. The van der Waals surface area contributed by atoms with Crippen LogP contribution in [0.4, 0.5) is 5.69 Å². The standard InChI is InChI=1S/C17H23NO5/c1-5-17(21,6-2)12-9-7-8-10-13(12)18-14(16(20)23-4)11-15(19)22-3/h7-11,18,21H,5-6H2,1-4H3/b14-11+. The molecule has 0 aromatic heterocycles. The topological polar surface area (TPSA) is 84.9 Å². The predicted octanol–water partition coefficient (Wildman–Crippen LogP) is 2.34. The van der Waals surface area contributed by atoms with Gasteiger partial charge in [-0.25, -0.2) is 9.59 Å². The molecule has 0 saturated carbocycles. The zero-order valence-corrected chi connectivity index (χ0v) is 13.9. The highest BCUT2D eigenvalue weighted by molar-refractivity contribution is 5.98. The number of esters is 2. The lowest BCUT2D eigenvalue weighted by Crippen LogP contribution is -2.26. The summed E-state index contributed by atoms with van der Waals surface area (Å²) in [5, 5.41) is 13.6. The molecule has 0 atom stereocenters. The summed E-state index contributed by atoms with van der Waals surface area (Å²) in [7, 11) is 2.43. The molecule has 0 unspecified atom stereocenters. The minimum atomic E-state index is -1.03. The summed E-state index contributed by atoms with van der Waals surface area (Å²) in [6.07, 6.45) is 2.03. The number of anilines is 1. The van der Waals surface area contributed by atoms with E-state index in [4.69, 9.17) is 0 Å². The van der Waals surface area contributed by atoms with Gasteiger partial charge in [0.25, 0.3) is 0 Å². The SMILES string of the molecule is CCC(O)(CC)c1ccccc1N/C(=C/C(=O)OC)C(=O)OC. The van der Waals surface area contributed by atoms with Gasteiger partial charge in [0, 0.05) is 11.3 Å². The van der Waals surface area contributed by atoms with Crippen molar-refractivity contribution in [3.05, 3.63) is 41.6 Å². The highest BCUT2D eigenvalue weighted by atomic mass is 16.5. The third-order valence-electron chi connectivity index (χ3n) is 3.74. The van der Waals surface area contributed by atoms with E-state index in [2.05, 4.69) is 14.8 Å². The Labute approximate surface area is 136 Å². The fourth-order valence-corrected chi connectivity index (χ4v) is 2.21. The number of carbonyl (C=O) groups is 2. The van der Waals surface area contributed by atoms with E-state index in [0.717, 1.165) is 6.08 Å². The van der Waals surface area contributed by atoms with Crippen LogP contribution in [0.15, 0.2) is 36.0 Å². The van der Waals surface area contributed by atoms with Gasteiger partial charge in [0.05, 0.1) is 25.9 Å². The molecule has 23 heavy (non-hydrogen) atoms. The van der Waals surface area contributed by atoms with Crippen LogP contribution in [0.25, 0.3) is 0 Å². The molecule has 1 aromatic carbocycles. The zero-order valence-electron chi connectivity index (χ0n) is 13.9. The number of nitrogens with one attached hydrogen (secondary N) is 1. The molecule has 0 spiro atoms. The van der Waals surface area contributed by atoms with Crippen molar-refractivity contribution in [2.45, 2.75) is 32.3 Å². The third-order valence-corrected chi connectivity index (χ3v) is 3.74. The summed E-state index contributed by atoms with van der Waals surface area (Å²) in [5.41, 5.74) is 0.0705. The zero-order chi connectivity index (χ0) is 17.5. The van der Waals surface area contributed by atoms with Gasteiger partial charge in [-0.1, -0.05) is 32.0 Å². The Morgan fingerprint density at radius 2 is 1.78 bits per heavy atom. The summed E-state index contributed by atoms with van der Waals surface area (Å²) in [5.74, 6) is -1.39. The first-order chi connectivity index (χ1) is 10.9.